The Labute approximate surface area is 159 Å². The zero-order valence-corrected chi connectivity index (χ0v) is 16.0. The van der Waals surface area contributed by atoms with E-state index in [0.717, 1.165) is 22.7 Å². The lowest BCUT2D eigenvalue weighted by Crippen LogP contribution is -2.10. The summed E-state index contributed by atoms with van der Waals surface area (Å²) in [5, 5.41) is 6.28. The highest BCUT2D eigenvalue weighted by molar-refractivity contribution is 6.32. The topological polar surface area (TPSA) is 68.8 Å². The standard InChI is InChI=1S/C21H24N2O4/c1-5-16(22-13-7-9-14(10-8-13)27-6-2)20-15-11-18(25-3)19(26-4)12-17(15)23-21(20)24/h7-12,22H,5-6H2,1-4H3,(H,23,24)/b20-16-. The van der Waals surface area contributed by atoms with Gasteiger partial charge in [-0.05, 0) is 43.7 Å². The first-order chi connectivity index (χ1) is 13.1. The maximum absolute atomic E-state index is 12.6. The monoisotopic (exact) mass is 368 g/mol. The summed E-state index contributed by atoms with van der Waals surface area (Å²) in [5.74, 6) is 1.84. The van der Waals surface area contributed by atoms with Crippen LogP contribution in [0.1, 0.15) is 25.8 Å². The lowest BCUT2D eigenvalue weighted by atomic mass is 10.0. The summed E-state index contributed by atoms with van der Waals surface area (Å²) >= 11 is 0. The van der Waals surface area contributed by atoms with Crippen molar-refractivity contribution in [2.24, 2.45) is 0 Å². The van der Waals surface area contributed by atoms with E-state index in [9.17, 15) is 4.79 Å². The molecule has 27 heavy (non-hydrogen) atoms. The SMILES string of the molecule is CCOc1ccc(N/C(CC)=C2\C(=O)Nc3cc(OC)c(OC)cc32)cc1. The minimum atomic E-state index is -0.143. The van der Waals surface area contributed by atoms with Gasteiger partial charge in [-0.2, -0.15) is 0 Å². The van der Waals surface area contributed by atoms with E-state index >= 15 is 0 Å². The van der Waals surface area contributed by atoms with Gasteiger partial charge in [0, 0.05) is 23.0 Å². The Morgan fingerprint density at radius 1 is 1.04 bits per heavy atom. The summed E-state index contributed by atoms with van der Waals surface area (Å²) in [6.45, 7) is 4.58. The Bertz CT molecular complexity index is 872. The molecule has 0 bridgehead atoms. The van der Waals surface area contributed by atoms with Crippen LogP contribution in [0.5, 0.6) is 17.2 Å². The van der Waals surface area contributed by atoms with Gasteiger partial charge in [0.2, 0.25) is 0 Å². The molecule has 0 fully saturated rings. The third kappa shape index (κ3) is 3.69. The summed E-state index contributed by atoms with van der Waals surface area (Å²) in [6, 6.07) is 11.3. The minimum Gasteiger partial charge on any atom is -0.494 e. The van der Waals surface area contributed by atoms with E-state index in [1.807, 2.05) is 44.2 Å². The van der Waals surface area contributed by atoms with Gasteiger partial charge in [0.15, 0.2) is 11.5 Å². The van der Waals surface area contributed by atoms with Crippen molar-refractivity contribution in [1.29, 1.82) is 0 Å². The molecule has 0 spiro atoms. The molecule has 2 aromatic rings. The number of hydrogen-bond acceptors (Lipinski definition) is 5. The second kappa shape index (κ2) is 8.03. The number of rotatable bonds is 7. The van der Waals surface area contributed by atoms with Crippen LogP contribution >= 0.6 is 0 Å². The highest BCUT2D eigenvalue weighted by atomic mass is 16.5. The first-order valence-corrected chi connectivity index (χ1v) is 8.92. The van der Waals surface area contributed by atoms with Gasteiger partial charge < -0.3 is 24.8 Å². The molecule has 1 amide bonds. The summed E-state index contributed by atoms with van der Waals surface area (Å²) < 4.78 is 16.2. The van der Waals surface area contributed by atoms with Crippen molar-refractivity contribution in [2.75, 3.05) is 31.5 Å². The zero-order chi connectivity index (χ0) is 19.4. The van der Waals surface area contributed by atoms with Crippen LogP contribution in [0, 0.1) is 0 Å². The zero-order valence-electron chi connectivity index (χ0n) is 16.0. The van der Waals surface area contributed by atoms with Gasteiger partial charge in [-0.15, -0.1) is 0 Å². The van der Waals surface area contributed by atoms with Gasteiger partial charge in [-0.3, -0.25) is 4.79 Å². The molecule has 0 saturated carbocycles. The highest BCUT2D eigenvalue weighted by Crippen LogP contribution is 2.42. The van der Waals surface area contributed by atoms with E-state index in [1.165, 1.54) is 0 Å². The van der Waals surface area contributed by atoms with Crippen LogP contribution in [0.15, 0.2) is 42.1 Å². The molecule has 0 radical (unpaired) electrons. The summed E-state index contributed by atoms with van der Waals surface area (Å²) in [5.41, 5.74) is 3.86. The number of methoxy groups -OCH3 is 2. The molecule has 3 rings (SSSR count). The molecule has 0 saturated heterocycles. The third-order valence-electron chi connectivity index (χ3n) is 4.38. The van der Waals surface area contributed by atoms with E-state index in [2.05, 4.69) is 10.6 Å². The Kier molecular flexibility index (Phi) is 5.54. The van der Waals surface area contributed by atoms with Gasteiger partial charge in [0.05, 0.1) is 32.1 Å². The molecule has 0 aromatic heterocycles. The molecule has 142 valence electrons. The van der Waals surface area contributed by atoms with E-state index in [-0.39, 0.29) is 5.91 Å². The minimum absolute atomic E-state index is 0.143. The van der Waals surface area contributed by atoms with Crippen molar-refractivity contribution in [1.82, 2.24) is 0 Å². The molecule has 0 unspecified atom stereocenters. The fourth-order valence-corrected chi connectivity index (χ4v) is 3.10. The largest absolute Gasteiger partial charge is 0.494 e. The van der Waals surface area contributed by atoms with Crippen LogP contribution in [-0.2, 0) is 4.79 Å². The van der Waals surface area contributed by atoms with E-state index in [4.69, 9.17) is 14.2 Å². The number of carbonyl (C=O) groups excluding carboxylic acids is 1. The molecular formula is C21H24N2O4. The number of nitrogens with one attached hydrogen (secondary N) is 2. The molecule has 1 aliphatic rings. The maximum Gasteiger partial charge on any atom is 0.258 e. The molecule has 2 aromatic carbocycles. The van der Waals surface area contributed by atoms with E-state index < -0.39 is 0 Å². The molecule has 6 nitrogen and oxygen atoms in total. The van der Waals surface area contributed by atoms with Crippen LogP contribution in [0.4, 0.5) is 11.4 Å². The second-order valence-corrected chi connectivity index (χ2v) is 6.00. The lowest BCUT2D eigenvalue weighted by Gasteiger charge is -2.14. The van der Waals surface area contributed by atoms with Crippen molar-refractivity contribution < 1.29 is 19.0 Å². The van der Waals surface area contributed by atoms with Crippen LogP contribution < -0.4 is 24.8 Å². The first kappa shape index (κ1) is 18.6. The quantitative estimate of drug-likeness (QED) is 0.714. The van der Waals surface area contributed by atoms with Crippen LogP contribution in [0.2, 0.25) is 0 Å². The predicted molar refractivity (Wildman–Crippen MR) is 107 cm³/mol. The number of ether oxygens (including phenoxy) is 3. The van der Waals surface area contributed by atoms with Crippen molar-refractivity contribution in [3.63, 3.8) is 0 Å². The Balaban J connectivity index is 1.99. The molecule has 0 atom stereocenters. The second-order valence-electron chi connectivity index (χ2n) is 6.00. The number of fused-ring (bicyclic) bond motifs is 1. The summed E-state index contributed by atoms with van der Waals surface area (Å²) in [6.07, 6.45) is 0.670. The molecule has 2 N–H and O–H groups in total. The van der Waals surface area contributed by atoms with Gasteiger partial charge >= 0.3 is 0 Å². The van der Waals surface area contributed by atoms with Crippen molar-refractivity contribution in [2.45, 2.75) is 20.3 Å². The number of carbonyl (C=O) groups is 1. The van der Waals surface area contributed by atoms with E-state index in [1.54, 1.807) is 20.3 Å². The molecular weight excluding hydrogens is 344 g/mol. The molecule has 1 aliphatic heterocycles. The number of anilines is 2. The van der Waals surface area contributed by atoms with E-state index in [0.29, 0.717) is 35.8 Å². The third-order valence-corrected chi connectivity index (χ3v) is 4.38. The maximum atomic E-state index is 12.6. The van der Waals surface area contributed by atoms with Crippen LogP contribution in [0.25, 0.3) is 5.57 Å². The lowest BCUT2D eigenvalue weighted by molar-refractivity contribution is -0.110. The Hall–Kier alpha value is -3.15. The first-order valence-electron chi connectivity index (χ1n) is 8.92. The Morgan fingerprint density at radius 3 is 2.30 bits per heavy atom. The van der Waals surface area contributed by atoms with Crippen LogP contribution in [0.3, 0.4) is 0 Å². The van der Waals surface area contributed by atoms with Crippen molar-refractivity contribution in [3.05, 3.63) is 47.7 Å². The van der Waals surface area contributed by atoms with Gasteiger partial charge in [-0.25, -0.2) is 0 Å². The van der Waals surface area contributed by atoms with Gasteiger partial charge in [0.25, 0.3) is 5.91 Å². The number of benzene rings is 2. The van der Waals surface area contributed by atoms with Crippen molar-refractivity contribution >= 4 is 22.9 Å². The number of amides is 1. The fraction of sp³-hybridized carbons (Fsp3) is 0.286. The van der Waals surface area contributed by atoms with Crippen LogP contribution in [-0.4, -0.2) is 26.7 Å². The predicted octanol–water partition coefficient (Wildman–Crippen LogP) is 4.29. The average molecular weight is 368 g/mol. The van der Waals surface area contributed by atoms with Crippen molar-refractivity contribution in [3.8, 4) is 17.2 Å². The Morgan fingerprint density at radius 2 is 1.70 bits per heavy atom. The molecule has 0 aliphatic carbocycles. The van der Waals surface area contributed by atoms with Gasteiger partial charge in [-0.1, -0.05) is 6.92 Å². The smallest absolute Gasteiger partial charge is 0.258 e. The molecule has 6 heteroatoms. The number of allylic oxidation sites excluding steroid dienone is 1. The van der Waals surface area contributed by atoms with Gasteiger partial charge in [0.1, 0.15) is 5.75 Å². The number of hydrogen-bond donors (Lipinski definition) is 2. The fourth-order valence-electron chi connectivity index (χ4n) is 3.10. The summed E-state index contributed by atoms with van der Waals surface area (Å²) in [7, 11) is 3.15. The average Bonchev–Trinajstić information content (AvgIpc) is 3.01. The summed E-state index contributed by atoms with van der Waals surface area (Å²) in [4.78, 5) is 12.6. The normalized spacial score (nSPS) is 14.3. The highest BCUT2D eigenvalue weighted by Gasteiger charge is 2.29. The molecule has 1 heterocycles.